The normalized spacial score (nSPS) is 10.9. The average Bonchev–Trinajstić information content (AvgIpc) is 2.84. The summed E-state index contributed by atoms with van der Waals surface area (Å²) in [4.78, 5) is 12.5. The Labute approximate surface area is 120 Å². The Kier molecular flexibility index (Phi) is 4.52. The Morgan fingerprint density at radius 2 is 2.05 bits per heavy atom. The van der Waals surface area contributed by atoms with Crippen LogP contribution in [0.1, 0.15) is 11.1 Å². The third-order valence-corrected chi connectivity index (χ3v) is 3.74. The van der Waals surface area contributed by atoms with E-state index in [0.717, 1.165) is 12.1 Å². The lowest BCUT2D eigenvalue weighted by Gasteiger charge is -2.15. The van der Waals surface area contributed by atoms with Gasteiger partial charge in [-0.25, -0.2) is 0 Å². The Hall–Kier alpha value is -1.43. The lowest BCUT2D eigenvalue weighted by molar-refractivity contribution is -0.384. The molecule has 0 aliphatic rings. The molecule has 0 amide bonds. The van der Waals surface area contributed by atoms with Crippen LogP contribution in [0, 0.1) is 10.1 Å². The number of nitro benzene ring substituents is 1. The van der Waals surface area contributed by atoms with Gasteiger partial charge in [-0.2, -0.15) is 11.3 Å². The molecule has 0 saturated carbocycles. The maximum Gasteiger partial charge on any atom is 0.288 e. The fourth-order valence-corrected chi connectivity index (χ4v) is 2.70. The molecule has 6 heteroatoms. The van der Waals surface area contributed by atoms with Gasteiger partial charge in [-0.05, 0) is 41.1 Å². The Morgan fingerprint density at radius 3 is 2.68 bits per heavy atom. The van der Waals surface area contributed by atoms with Crippen LogP contribution in [-0.4, -0.2) is 16.9 Å². The first-order valence-electron chi connectivity index (χ1n) is 5.68. The number of halogens is 1. The van der Waals surface area contributed by atoms with Crippen molar-refractivity contribution in [2.45, 2.75) is 13.1 Å². The molecule has 0 fully saturated rings. The summed E-state index contributed by atoms with van der Waals surface area (Å²) in [6.07, 6.45) is 0. The van der Waals surface area contributed by atoms with E-state index in [1.54, 1.807) is 17.4 Å². The van der Waals surface area contributed by atoms with Crippen molar-refractivity contribution in [3.05, 3.63) is 61.3 Å². The predicted octanol–water partition coefficient (Wildman–Crippen LogP) is 3.94. The largest absolute Gasteiger partial charge is 0.298 e. The standard InChI is InChI=1S/C13H13ClN2O2S/c1-15(8-11-4-5-19-9-11)7-10-2-3-12(14)13(6-10)16(17)18/h2-6,9H,7-8H2,1H3. The molecule has 0 bridgehead atoms. The highest BCUT2D eigenvalue weighted by molar-refractivity contribution is 7.07. The minimum absolute atomic E-state index is 0.0388. The molecule has 2 aromatic rings. The van der Waals surface area contributed by atoms with Crippen LogP contribution in [0.2, 0.25) is 5.02 Å². The molecule has 0 N–H and O–H groups in total. The summed E-state index contributed by atoms with van der Waals surface area (Å²) in [5, 5.41) is 15.1. The van der Waals surface area contributed by atoms with Gasteiger partial charge < -0.3 is 0 Å². The summed E-state index contributed by atoms with van der Waals surface area (Å²) in [5.74, 6) is 0. The number of thiophene rings is 1. The molecule has 19 heavy (non-hydrogen) atoms. The zero-order valence-corrected chi connectivity index (χ0v) is 11.9. The van der Waals surface area contributed by atoms with Crippen molar-refractivity contribution in [1.82, 2.24) is 4.90 Å². The van der Waals surface area contributed by atoms with Crippen molar-refractivity contribution in [3.8, 4) is 0 Å². The monoisotopic (exact) mass is 296 g/mol. The minimum atomic E-state index is -0.454. The van der Waals surface area contributed by atoms with Crippen LogP contribution in [0.5, 0.6) is 0 Å². The van der Waals surface area contributed by atoms with Gasteiger partial charge in [-0.3, -0.25) is 15.0 Å². The summed E-state index contributed by atoms with van der Waals surface area (Å²) >= 11 is 7.45. The average molecular weight is 297 g/mol. The minimum Gasteiger partial charge on any atom is -0.298 e. The van der Waals surface area contributed by atoms with E-state index in [0.29, 0.717) is 6.54 Å². The number of nitrogens with zero attached hydrogens (tertiary/aromatic N) is 2. The quantitative estimate of drug-likeness (QED) is 0.620. The highest BCUT2D eigenvalue weighted by Gasteiger charge is 2.13. The van der Waals surface area contributed by atoms with Gasteiger partial charge in [-0.1, -0.05) is 17.7 Å². The smallest absolute Gasteiger partial charge is 0.288 e. The van der Waals surface area contributed by atoms with E-state index in [4.69, 9.17) is 11.6 Å². The summed E-state index contributed by atoms with van der Waals surface area (Å²) in [6, 6.07) is 7.00. The van der Waals surface area contributed by atoms with Crippen LogP contribution in [0.3, 0.4) is 0 Å². The fourth-order valence-electron chi connectivity index (χ4n) is 1.86. The fraction of sp³-hybridized carbons (Fsp3) is 0.231. The van der Waals surface area contributed by atoms with Crippen LogP contribution in [0.15, 0.2) is 35.0 Å². The van der Waals surface area contributed by atoms with E-state index in [2.05, 4.69) is 16.3 Å². The molecule has 4 nitrogen and oxygen atoms in total. The van der Waals surface area contributed by atoms with Crippen LogP contribution in [0.25, 0.3) is 0 Å². The second-order valence-corrected chi connectivity index (χ2v) is 5.53. The van der Waals surface area contributed by atoms with Gasteiger partial charge in [0.05, 0.1) is 4.92 Å². The van der Waals surface area contributed by atoms with Gasteiger partial charge in [0.2, 0.25) is 0 Å². The van der Waals surface area contributed by atoms with Crippen LogP contribution in [0.4, 0.5) is 5.69 Å². The SMILES string of the molecule is CN(Cc1ccsc1)Cc1ccc(Cl)c([N+](=O)[O-])c1. The highest BCUT2D eigenvalue weighted by atomic mass is 35.5. The number of hydrogen-bond acceptors (Lipinski definition) is 4. The van der Waals surface area contributed by atoms with Gasteiger partial charge in [0.1, 0.15) is 5.02 Å². The molecular weight excluding hydrogens is 284 g/mol. The number of benzene rings is 1. The maximum atomic E-state index is 10.8. The summed E-state index contributed by atoms with van der Waals surface area (Å²) < 4.78 is 0. The van der Waals surface area contributed by atoms with Gasteiger partial charge in [-0.15, -0.1) is 0 Å². The number of rotatable bonds is 5. The summed E-state index contributed by atoms with van der Waals surface area (Å²) in [5.41, 5.74) is 2.09. The molecule has 0 aliphatic heterocycles. The Bertz CT molecular complexity index is 572. The first-order valence-corrected chi connectivity index (χ1v) is 7.01. The summed E-state index contributed by atoms with van der Waals surface area (Å²) in [6.45, 7) is 1.47. The molecule has 1 aromatic carbocycles. The molecule has 1 aromatic heterocycles. The second-order valence-electron chi connectivity index (χ2n) is 4.35. The molecule has 0 atom stereocenters. The lowest BCUT2D eigenvalue weighted by Crippen LogP contribution is -2.16. The molecule has 0 unspecified atom stereocenters. The molecule has 2 rings (SSSR count). The van der Waals surface area contributed by atoms with Crippen LogP contribution < -0.4 is 0 Å². The van der Waals surface area contributed by atoms with Crippen molar-refractivity contribution in [2.24, 2.45) is 0 Å². The van der Waals surface area contributed by atoms with Crippen LogP contribution in [-0.2, 0) is 13.1 Å². The van der Waals surface area contributed by atoms with Gasteiger partial charge in [0, 0.05) is 19.2 Å². The molecule has 0 aliphatic carbocycles. The molecule has 100 valence electrons. The van der Waals surface area contributed by atoms with E-state index in [1.807, 2.05) is 18.5 Å². The zero-order chi connectivity index (χ0) is 13.8. The third-order valence-electron chi connectivity index (χ3n) is 2.69. The van der Waals surface area contributed by atoms with Gasteiger partial charge >= 0.3 is 0 Å². The number of nitro groups is 1. The topological polar surface area (TPSA) is 46.4 Å². The maximum absolute atomic E-state index is 10.8. The molecule has 0 radical (unpaired) electrons. The first kappa shape index (κ1) is 14.0. The lowest BCUT2D eigenvalue weighted by atomic mass is 10.2. The van der Waals surface area contributed by atoms with Crippen molar-refractivity contribution in [3.63, 3.8) is 0 Å². The van der Waals surface area contributed by atoms with Gasteiger partial charge in [0.15, 0.2) is 0 Å². The van der Waals surface area contributed by atoms with E-state index < -0.39 is 4.92 Å². The van der Waals surface area contributed by atoms with Crippen molar-refractivity contribution in [2.75, 3.05) is 7.05 Å². The molecule has 0 saturated heterocycles. The first-order chi connectivity index (χ1) is 9.06. The van der Waals surface area contributed by atoms with E-state index in [9.17, 15) is 10.1 Å². The second kappa shape index (κ2) is 6.14. The van der Waals surface area contributed by atoms with Gasteiger partial charge in [0.25, 0.3) is 5.69 Å². The summed E-state index contributed by atoms with van der Waals surface area (Å²) in [7, 11) is 1.98. The highest BCUT2D eigenvalue weighted by Crippen LogP contribution is 2.25. The van der Waals surface area contributed by atoms with Crippen molar-refractivity contribution in [1.29, 1.82) is 0 Å². The van der Waals surface area contributed by atoms with Crippen LogP contribution >= 0.6 is 22.9 Å². The molecule has 0 spiro atoms. The van der Waals surface area contributed by atoms with E-state index in [1.165, 1.54) is 11.6 Å². The van der Waals surface area contributed by atoms with Crippen molar-refractivity contribution < 1.29 is 4.92 Å². The van der Waals surface area contributed by atoms with E-state index in [-0.39, 0.29) is 10.7 Å². The predicted molar refractivity (Wildman–Crippen MR) is 77.6 cm³/mol. The van der Waals surface area contributed by atoms with E-state index >= 15 is 0 Å². The Balaban J connectivity index is 2.06. The van der Waals surface area contributed by atoms with Crippen molar-refractivity contribution >= 4 is 28.6 Å². The number of hydrogen-bond donors (Lipinski definition) is 0. The third kappa shape index (κ3) is 3.76. The molecule has 1 heterocycles. The molecular formula is C13H13ClN2O2S. The Morgan fingerprint density at radius 1 is 1.32 bits per heavy atom. The zero-order valence-electron chi connectivity index (χ0n) is 10.4.